The van der Waals surface area contributed by atoms with Crippen molar-refractivity contribution < 1.29 is 9.60 Å². The summed E-state index contributed by atoms with van der Waals surface area (Å²) in [4.78, 5) is 1.99. The number of nitrogens with two attached hydrogens (primary N) is 1. The monoisotopic (exact) mass is 175 g/mol. The number of likely N-dealkylation sites (tertiary alicyclic amines) is 1. The van der Waals surface area contributed by atoms with Crippen LogP contribution in [0.2, 0.25) is 0 Å². The van der Waals surface area contributed by atoms with Gasteiger partial charge in [0.2, 0.25) is 0 Å². The number of hydrogen-bond donors (Lipinski definition) is 2. The van der Waals surface area contributed by atoms with Crippen LogP contribution >= 0.6 is 0 Å². The van der Waals surface area contributed by atoms with E-state index in [2.05, 4.69) is 5.16 Å². The first-order valence-corrected chi connectivity index (χ1v) is 4.01. The second kappa shape index (κ2) is 4.25. The van der Waals surface area contributed by atoms with Gasteiger partial charge in [-0.15, -0.1) is 0 Å². The fourth-order valence-corrected chi connectivity index (χ4v) is 1.44. The first-order valence-electron chi connectivity index (χ1n) is 4.01. The van der Waals surface area contributed by atoms with E-state index in [9.17, 15) is 4.39 Å². The van der Waals surface area contributed by atoms with E-state index < -0.39 is 0 Å². The van der Waals surface area contributed by atoms with Gasteiger partial charge in [0.05, 0.1) is 13.2 Å². The molecule has 0 saturated carbocycles. The van der Waals surface area contributed by atoms with Crippen LogP contribution in [0.1, 0.15) is 6.42 Å². The largest absolute Gasteiger partial charge is 0.409 e. The molecule has 1 atom stereocenters. The molecule has 1 fully saturated rings. The van der Waals surface area contributed by atoms with Crippen molar-refractivity contribution in [1.29, 1.82) is 0 Å². The lowest BCUT2D eigenvalue weighted by Gasteiger charge is -2.13. The zero-order chi connectivity index (χ0) is 8.97. The molecule has 5 heteroatoms. The smallest absolute Gasteiger partial charge is 0.153 e. The Morgan fingerprint density at radius 3 is 3.00 bits per heavy atom. The fourth-order valence-electron chi connectivity index (χ4n) is 1.44. The van der Waals surface area contributed by atoms with E-state index in [0.717, 1.165) is 13.0 Å². The lowest BCUT2D eigenvalue weighted by atomic mass is 10.1. The molecule has 1 aliphatic heterocycles. The Morgan fingerprint density at radius 1 is 1.75 bits per heavy atom. The van der Waals surface area contributed by atoms with Gasteiger partial charge in [-0.05, 0) is 13.0 Å². The minimum atomic E-state index is -0.271. The van der Waals surface area contributed by atoms with E-state index in [1.165, 1.54) is 0 Å². The van der Waals surface area contributed by atoms with Crippen molar-refractivity contribution in [2.75, 3.05) is 26.3 Å². The van der Waals surface area contributed by atoms with Gasteiger partial charge in [0.15, 0.2) is 5.84 Å². The minimum Gasteiger partial charge on any atom is -0.409 e. The van der Waals surface area contributed by atoms with Crippen LogP contribution in [0, 0.1) is 5.92 Å². The third-order valence-electron chi connectivity index (χ3n) is 2.10. The Kier molecular flexibility index (Phi) is 3.28. The summed E-state index contributed by atoms with van der Waals surface area (Å²) in [5.74, 6) is 0.325. The average Bonchev–Trinajstić information content (AvgIpc) is 2.52. The maximum Gasteiger partial charge on any atom is 0.153 e. The zero-order valence-electron chi connectivity index (χ0n) is 6.91. The summed E-state index contributed by atoms with van der Waals surface area (Å²) in [5.41, 5.74) is 5.30. The van der Waals surface area contributed by atoms with Crippen molar-refractivity contribution >= 4 is 5.84 Å². The van der Waals surface area contributed by atoms with E-state index in [4.69, 9.17) is 10.9 Å². The van der Waals surface area contributed by atoms with Crippen LogP contribution in [-0.4, -0.2) is 42.3 Å². The van der Waals surface area contributed by atoms with E-state index in [-0.39, 0.29) is 18.4 Å². The summed E-state index contributed by atoms with van der Waals surface area (Å²) in [6.07, 6.45) is 0.870. The Morgan fingerprint density at radius 2 is 2.50 bits per heavy atom. The van der Waals surface area contributed by atoms with Gasteiger partial charge >= 0.3 is 0 Å². The first-order chi connectivity index (χ1) is 5.76. The summed E-state index contributed by atoms with van der Waals surface area (Å²) in [6, 6.07) is 0. The predicted molar refractivity (Wildman–Crippen MR) is 43.9 cm³/mol. The van der Waals surface area contributed by atoms with Gasteiger partial charge in [-0.3, -0.25) is 9.29 Å². The fraction of sp³-hybridized carbons (Fsp3) is 0.857. The Labute approximate surface area is 70.8 Å². The molecule has 0 bridgehead atoms. The second-order valence-corrected chi connectivity index (χ2v) is 3.14. The van der Waals surface area contributed by atoms with E-state index in [1.807, 2.05) is 4.90 Å². The summed E-state index contributed by atoms with van der Waals surface area (Å²) < 4.78 is 12.2. The van der Waals surface area contributed by atoms with Gasteiger partial charge in [0, 0.05) is 12.5 Å². The van der Waals surface area contributed by atoms with Crippen molar-refractivity contribution in [3.05, 3.63) is 0 Å². The lowest BCUT2D eigenvalue weighted by Crippen LogP contribution is -2.32. The summed E-state index contributed by atoms with van der Waals surface area (Å²) >= 11 is 0. The van der Waals surface area contributed by atoms with Crippen LogP contribution in [-0.2, 0) is 0 Å². The molecule has 0 aromatic carbocycles. The van der Waals surface area contributed by atoms with E-state index in [1.54, 1.807) is 0 Å². The topological polar surface area (TPSA) is 61.8 Å². The van der Waals surface area contributed by atoms with Gasteiger partial charge < -0.3 is 10.9 Å². The van der Waals surface area contributed by atoms with Crippen LogP contribution in [0.25, 0.3) is 0 Å². The molecule has 0 unspecified atom stereocenters. The third-order valence-corrected chi connectivity index (χ3v) is 2.10. The molecule has 3 N–H and O–H groups in total. The van der Waals surface area contributed by atoms with Crippen molar-refractivity contribution in [2.45, 2.75) is 6.42 Å². The number of halogens is 1. The van der Waals surface area contributed by atoms with Gasteiger partial charge in [-0.25, -0.2) is 0 Å². The quantitative estimate of drug-likeness (QED) is 0.275. The Bertz CT molecular complexity index is 174. The molecule has 1 rings (SSSR count). The molecular weight excluding hydrogens is 161 g/mol. The molecule has 1 aliphatic rings. The molecule has 70 valence electrons. The van der Waals surface area contributed by atoms with Crippen molar-refractivity contribution in [3.63, 3.8) is 0 Å². The molecule has 0 aromatic heterocycles. The molecule has 1 heterocycles. The van der Waals surface area contributed by atoms with Gasteiger partial charge in [0.25, 0.3) is 0 Å². The Balaban J connectivity index is 2.28. The molecule has 12 heavy (non-hydrogen) atoms. The van der Waals surface area contributed by atoms with Gasteiger partial charge in [0.1, 0.15) is 0 Å². The normalized spacial score (nSPS) is 26.4. The zero-order valence-corrected chi connectivity index (χ0v) is 6.91. The maximum atomic E-state index is 12.2. The van der Waals surface area contributed by atoms with E-state index >= 15 is 0 Å². The van der Waals surface area contributed by atoms with Gasteiger partial charge in [-0.2, -0.15) is 0 Å². The number of amidine groups is 1. The van der Waals surface area contributed by atoms with Crippen LogP contribution in [0.5, 0.6) is 0 Å². The lowest BCUT2D eigenvalue weighted by molar-refractivity contribution is 0.303. The van der Waals surface area contributed by atoms with Crippen molar-refractivity contribution in [1.82, 2.24) is 4.90 Å². The minimum absolute atomic E-state index is 0.136. The highest BCUT2D eigenvalue weighted by Crippen LogP contribution is 2.15. The standard InChI is InChI=1S/C7H14FN3O/c8-3-6-1-2-11(4-6)5-7(9)10-12/h6,12H,1-5H2,(H2,9,10)/t6-/m1/s1. The average molecular weight is 175 g/mol. The number of alkyl halides is 1. The maximum absolute atomic E-state index is 12.2. The second-order valence-electron chi connectivity index (χ2n) is 3.14. The number of nitrogens with zero attached hydrogens (tertiary/aromatic N) is 2. The molecule has 0 amide bonds. The SMILES string of the molecule is NC(CN1CC[C@H](CF)C1)=NO. The highest BCUT2D eigenvalue weighted by Gasteiger charge is 2.22. The molecular formula is C7H14FN3O. The molecule has 0 spiro atoms. The summed E-state index contributed by atoms with van der Waals surface area (Å²) in [6.45, 7) is 1.72. The molecule has 4 nitrogen and oxygen atoms in total. The molecule has 0 aliphatic carbocycles. The highest BCUT2D eigenvalue weighted by atomic mass is 19.1. The highest BCUT2D eigenvalue weighted by molar-refractivity contribution is 5.81. The number of rotatable bonds is 3. The first kappa shape index (κ1) is 9.25. The molecule has 0 radical (unpaired) electrons. The van der Waals surface area contributed by atoms with Crippen molar-refractivity contribution in [3.8, 4) is 0 Å². The summed E-state index contributed by atoms with van der Waals surface area (Å²) in [7, 11) is 0. The molecule has 1 saturated heterocycles. The predicted octanol–water partition coefficient (Wildman–Crippen LogP) is 0.0242. The van der Waals surface area contributed by atoms with Crippen LogP contribution in [0.4, 0.5) is 4.39 Å². The van der Waals surface area contributed by atoms with Crippen LogP contribution in [0.3, 0.4) is 0 Å². The van der Waals surface area contributed by atoms with Crippen molar-refractivity contribution in [2.24, 2.45) is 16.8 Å². The Hall–Kier alpha value is -0.840. The molecule has 0 aromatic rings. The van der Waals surface area contributed by atoms with Crippen LogP contribution in [0.15, 0.2) is 5.16 Å². The number of hydrogen-bond acceptors (Lipinski definition) is 3. The third kappa shape index (κ3) is 2.34. The van der Waals surface area contributed by atoms with E-state index in [0.29, 0.717) is 13.1 Å². The van der Waals surface area contributed by atoms with Crippen LogP contribution < -0.4 is 5.73 Å². The number of oxime groups is 1. The summed E-state index contributed by atoms with van der Waals surface area (Å²) in [5, 5.41) is 11.1. The van der Waals surface area contributed by atoms with Gasteiger partial charge in [-0.1, -0.05) is 5.16 Å².